The molecule has 0 saturated carbocycles. The third-order valence-electron chi connectivity index (χ3n) is 5.93. The van der Waals surface area contributed by atoms with E-state index in [2.05, 4.69) is 15.9 Å². The maximum absolute atomic E-state index is 11.6. The molecule has 0 radical (unpaired) electrons. The second-order valence-corrected chi connectivity index (χ2v) is 9.65. The molecule has 1 aliphatic heterocycles. The van der Waals surface area contributed by atoms with Gasteiger partial charge >= 0.3 is 0 Å². The van der Waals surface area contributed by atoms with Gasteiger partial charge in [0, 0.05) is 82.5 Å². The Morgan fingerprint density at radius 2 is 1.08 bits per heavy atom. The number of carboxylic acid groups (broad SMARTS) is 4. The molecule has 0 N–H and O–H groups in total. The van der Waals surface area contributed by atoms with Crippen molar-refractivity contribution in [1.82, 2.24) is 19.6 Å². The molecule has 0 amide bonds. The SMILES string of the molecule is O=C([O-])CN1CCN(CC(=O)[O-])CCN(CC(=O)[O-])C(Cc2ccc(Br)cc2)CN(CC(=O)[O-])CC1. The molecule has 0 spiro atoms. The van der Waals surface area contributed by atoms with Gasteiger partial charge in [-0.2, -0.15) is 0 Å². The van der Waals surface area contributed by atoms with Crippen LogP contribution in [0.25, 0.3) is 0 Å². The summed E-state index contributed by atoms with van der Waals surface area (Å²) in [5.41, 5.74) is 0.886. The summed E-state index contributed by atoms with van der Waals surface area (Å²) in [6.45, 7) is -0.506. The molecule has 12 nitrogen and oxygen atoms in total. The second kappa shape index (κ2) is 14.9. The molecule has 1 aromatic rings. The highest BCUT2D eigenvalue weighted by Gasteiger charge is 2.25. The summed E-state index contributed by atoms with van der Waals surface area (Å²) >= 11 is 3.37. The van der Waals surface area contributed by atoms with Crippen molar-refractivity contribution >= 4 is 39.8 Å². The Morgan fingerprint density at radius 1 is 0.667 bits per heavy atom. The van der Waals surface area contributed by atoms with Gasteiger partial charge in [-0.25, -0.2) is 0 Å². The van der Waals surface area contributed by atoms with Gasteiger partial charge in [-0.05, 0) is 24.1 Å². The minimum absolute atomic E-state index is 0.150. The summed E-state index contributed by atoms with van der Waals surface area (Å²) in [4.78, 5) is 51.9. The molecule has 1 unspecified atom stereocenters. The van der Waals surface area contributed by atoms with Gasteiger partial charge in [0.15, 0.2) is 0 Å². The standard InChI is InChI=1S/C23H33BrN4O8/c24-18-3-1-17(2-4-18)11-19-12-27(15-22(33)34)8-7-25(13-20(29)30)5-6-26(14-21(31)32)9-10-28(19)16-23(35)36/h1-4,19H,5-16H2,(H,29,30)(H,31,32)(H,33,34)(H,35,36)/p-4. The van der Waals surface area contributed by atoms with Crippen LogP contribution < -0.4 is 20.4 Å². The number of hydrogen-bond donors (Lipinski definition) is 0. The van der Waals surface area contributed by atoms with Crippen LogP contribution in [0.5, 0.6) is 0 Å². The molecule has 1 fully saturated rings. The lowest BCUT2D eigenvalue weighted by molar-refractivity contribution is -0.309. The zero-order valence-corrected chi connectivity index (χ0v) is 21.4. The van der Waals surface area contributed by atoms with E-state index in [0.717, 1.165) is 10.0 Å². The summed E-state index contributed by atoms with van der Waals surface area (Å²) in [6, 6.07) is 6.94. The van der Waals surface area contributed by atoms with Crippen molar-refractivity contribution in [3.8, 4) is 0 Å². The van der Waals surface area contributed by atoms with E-state index in [-0.39, 0.29) is 45.8 Å². The first-order chi connectivity index (χ1) is 17.0. The average Bonchev–Trinajstić information content (AvgIpc) is 2.76. The van der Waals surface area contributed by atoms with Crippen molar-refractivity contribution in [1.29, 1.82) is 0 Å². The zero-order valence-electron chi connectivity index (χ0n) is 19.8. The van der Waals surface area contributed by atoms with Crippen LogP contribution in [0.15, 0.2) is 28.7 Å². The van der Waals surface area contributed by atoms with E-state index < -0.39 is 56.1 Å². The van der Waals surface area contributed by atoms with Crippen molar-refractivity contribution < 1.29 is 39.6 Å². The number of carbonyl (C=O) groups excluding carboxylic acids is 4. The molecule has 0 aromatic heterocycles. The number of nitrogens with zero attached hydrogens (tertiary/aromatic N) is 4. The van der Waals surface area contributed by atoms with Crippen LogP contribution in [0.4, 0.5) is 0 Å². The first-order valence-corrected chi connectivity index (χ1v) is 12.3. The van der Waals surface area contributed by atoms with Crippen molar-refractivity contribution in [2.24, 2.45) is 0 Å². The number of carboxylic acids is 4. The summed E-state index contributed by atoms with van der Waals surface area (Å²) in [7, 11) is 0. The first kappa shape index (κ1) is 29.6. The Balaban J connectivity index is 2.38. The highest BCUT2D eigenvalue weighted by atomic mass is 79.9. The number of hydrogen-bond acceptors (Lipinski definition) is 12. The lowest BCUT2D eigenvalue weighted by Crippen LogP contribution is -2.55. The second-order valence-electron chi connectivity index (χ2n) is 8.73. The predicted octanol–water partition coefficient (Wildman–Crippen LogP) is -5.42. The predicted molar refractivity (Wildman–Crippen MR) is 123 cm³/mol. The van der Waals surface area contributed by atoms with Crippen LogP contribution in [0.3, 0.4) is 0 Å². The molecule has 36 heavy (non-hydrogen) atoms. The fraction of sp³-hybridized carbons (Fsp3) is 0.565. The normalized spacial score (nSPS) is 19.8. The molecule has 2 rings (SSSR count). The van der Waals surface area contributed by atoms with Gasteiger partial charge in [-0.3, -0.25) is 19.6 Å². The van der Waals surface area contributed by atoms with Crippen LogP contribution in [0, 0.1) is 0 Å². The van der Waals surface area contributed by atoms with E-state index in [0.29, 0.717) is 6.42 Å². The molecule has 1 saturated heterocycles. The van der Waals surface area contributed by atoms with E-state index >= 15 is 0 Å². The average molecular weight is 569 g/mol. The maximum atomic E-state index is 11.6. The van der Waals surface area contributed by atoms with Crippen LogP contribution >= 0.6 is 15.9 Å². The Bertz CT molecular complexity index is 901. The molecule has 0 aliphatic carbocycles. The van der Waals surface area contributed by atoms with Crippen molar-refractivity contribution in [2.45, 2.75) is 12.5 Å². The Kier molecular flexibility index (Phi) is 12.2. The topological polar surface area (TPSA) is 173 Å². The van der Waals surface area contributed by atoms with Gasteiger partial charge < -0.3 is 39.6 Å². The van der Waals surface area contributed by atoms with Crippen molar-refractivity contribution in [2.75, 3.05) is 72.0 Å². The zero-order chi connectivity index (χ0) is 26.7. The van der Waals surface area contributed by atoms with Crippen molar-refractivity contribution in [3.63, 3.8) is 0 Å². The van der Waals surface area contributed by atoms with Gasteiger partial charge in [-0.1, -0.05) is 28.1 Å². The quantitative estimate of drug-likeness (QED) is 0.262. The minimum Gasteiger partial charge on any atom is -0.549 e. The van der Waals surface area contributed by atoms with Gasteiger partial charge in [0.2, 0.25) is 0 Å². The largest absolute Gasteiger partial charge is 0.549 e. The van der Waals surface area contributed by atoms with Crippen LogP contribution in [-0.4, -0.2) is 122 Å². The smallest absolute Gasteiger partial charge is 0.0555 e. The highest BCUT2D eigenvalue weighted by Crippen LogP contribution is 2.16. The minimum atomic E-state index is -1.32. The number of rotatable bonds is 10. The Labute approximate surface area is 217 Å². The molecule has 1 aliphatic rings. The lowest BCUT2D eigenvalue weighted by atomic mass is 10.0. The van der Waals surface area contributed by atoms with Crippen LogP contribution in [0.2, 0.25) is 0 Å². The van der Waals surface area contributed by atoms with E-state index in [1.54, 1.807) is 19.6 Å². The summed E-state index contributed by atoms with van der Waals surface area (Å²) in [5, 5.41) is 45.5. The van der Waals surface area contributed by atoms with E-state index in [1.807, 2.05) is 24.3 Å². The molecule has 13 heteroatoms. The van der Waals surface area contributed by atoms with E-state index in [1.165, 1.54) is 0 Å². The van der Waals surface area contributed by atoms with Crippen LogP contribution in [0.1, 0.15) is 5.56 Å². The fourth-order valence-corrected chi connectivity index (χ4v) is 4.48. The Hall–Kier alpha value is -2.58. The first-order valence-electron chi connectivity index (χ1n) is 11.5. The number of aliphatic carboxylic acids is 4. The van der Waals surface area contributed by atoms with Gasteiger partial charge in [0.05, 0.1) is 23.9 Å². The third kappa shape index (κ3) is 11.4. The third-order valence-corrected chi connectivity index (χ3v) is 6.46. The Morgan fingerprint density at radius 3 is 1.56 bits per heavy atom. The molecule has 1 heterocycles. The monoisotopic (exact) mass is 568 g/mol. The summed E-state index contributed by atoms with van der Waals surface area (Å²) < 4.78 is 0.862. The van der Waals surface area contributed by atoms with Gasteiger partial charge in [0.25, 0.3) is 0 Å². The van der Waals surface area contributed by atoms with Gasteiger partial charge in [-0.15, -0.1) is 0 Å². The molecule has 1 aromatic carbocycles. The molecular weight excluding hydrogens is 540 g/mol. The summed E-state index contributed by atoms with van der Waals surface area (Å²) in [5.74, 6) is -5.26. The lowest BCUT2D eigenvalue weighted by Gasteiger charge is -2.39. The number of carbonyl (C=O) groups is 4. The number of benzene rings is 1. The molecular formula is C23H29BrN4O8-4. The van der Waals surface area contributed by atoms with Gasteiger partial charge in [0.1, 0.15) is 0 Å². The molecule has 0 bridgehead atoms. The summed E-state index contributed by atoms with van der Waals surface area (Å²) in [6.07, 6.45) is 0.382. The van der Waals surface area contributed by atoms with E-state index in [4.69, 9.17) is 0 Å². The number of halogens is 1. The van der Waals surface area contributed by atoms with Crippen molar-refractivity contribution in [3.05, 3.63) is 34.3 Å². The molecule has 200 valence electrons. The fourth-order valence-electron chi connectivity index (χ4n) is 4.21. The highest BCUT2D eigenvalue weighted by molar-refractivity contribution is 9.10. The van der Waals surface area contributed by atoms with Crippen LogP contribution in [-0.2, 0) is 25.6 Å². The molecule has 1 atom stereocenters. The maximum Gasteiger partial charge on any atom is 0.0555 e. The van der Waals surface area contributed by atoms with E-state index in [9.17, 15) is 39.6 Å².